The number of Topliss-reactive ketones (excluding diaryl/α,β-unsaturated/α-hetero) is 1. The summed E-state index contributed by atoms with van der Waals surface area (Å²) in [7, 11) is 0. The van der Waals surface area contributed by atoms with Crippen LogP contribution in [0.3, 0.4) is 0 Å². The van der Waals surface area contributed by atoms with E-state index in [1.54, 1.807) is 0 Å². The number of hydrogen-bond acceptors (Lipinski definition) is 2. The highest BCUT2D eigenvalue weighted by Crippen LogP contribution is 2.07. The van der Waals surface area contributed by atoms with E-state index in [-0.39, 0.29) is 5.92 Å². The van der Waals surface area contributed by atoms with Crippen LogP contribution in [0.1, 0.15) is 46.0 Å². The van der Waals surface area contributed by atoms with E-state index in [0.717, 1.165) is 38.6 Å². The smallest absolute Gasteiger partial charge is 0.207 e. The zero-order chi connectivity index (χ0) is 10.8. The minimum Gasteiger partial charge on any atom is -0.359 e. The number of hydrogen-bond donors (Lipinski definition) is 1. The van der Waals surface area contributed by atoms with E-state index in [2.05, 4.69) is 5.32 Å². The Hall–Kier alpha value is -0.860. The lowest BCUT2D eigenvalue weighted by atomic mass is 10.0. The molecule has 0 unspecified atom stereocenters. The van der Waals surface area contributed by atoms with Crippen molar-refractivity contribution in [2.24, 2.45) is 5.92 Å². The summed E-state index contributed by atoms with van der Waals surface area (Å²) >= 11 is 0. The van der Waals surface area contributed by atoms with Gasteiger partial charge in [-0.2, -0.15) is 0 Å². The van der Waals surface area contributed by atoms with E-state index in [1.807, 2.05) is 13.8 Å². The Morgan fingerprint density at radius 3 is 2.43 bits per heavy atom. The van der Waals surface area contributed by atoms with Crippen LogP contribution < -0.4 is 5.32 Å². The molecule has 0 aromatic carbocycles. The highest BCUT2D eigenvalue weighted by Gasteiger charge is 2.05. The Morgan fingerprint density at radius 1 is 1.21 bits per heavy atom. The largest absolute Gasteiger partial charge is 0.359 e. The zero-order valence-corrected chi connectivity index (χ0v) is 9.21. The number of ketones is 1. The molecule has 14 heavy (non-hydrogen) atoms. The van der Waals surface area contributed by atoms with E-state index in [1.165, 1.54) is 0 Å². The van der Waals surface area contributed by atoms with Crippen molar-refractivity contribution in [1.82, 2.24) is 5.32 Å². The second-order valence-corrected chi connectivity index (χ2v) is 3.86. The van der Waals surface area contributed by atoms with Crippen LogP contribution in [-0.4, -0.2) is 18.7 Å². The first-order valence-electron chi connectivity index (χ1n) is 5.38. The highest BCUT2D eigenvalue weighted by atomic mass is 16.1. The van der Waals surface area contributed by atoms with Gasteiger partial charge in [0.2, 0.25) is 6.41 Å². The Bertz CT molecular complexity index is 167. The predicted molar refractivity (Wildman–Crippen MR) is 57.0 cm³/mol. The van der Waals surface area contributed by atoms with Crippen molar-refractivity contribution in [3.63, 3.8) is 0 Å². The third kappa shape index (κ3) is 7.77. The maximum Gasteiger partial charge on any atom is 0.207 e. The quantitative estimate of drug-likeness (QED) is 0.455. The van der Waals surface area contributed by atoms with Crippen LogP contribution in [-0.2, 0) is 9.59 Å². The summed E-state index contributed by atoms with van der Waals surface area (Å²) in [5, 5.41) is 2.62. The van der Waals surface area contributed by atoms with E-state index in [9.17, 15) is 9.59 Å². The van der Waals surface area contributed by atoms with Gasteiger partial charge in [0.25, 0.3) is 0 Å². The summed E-state index contributed by atoms with van der Waals surface area (Å²) in [6.45, 7) is 4.63. The second kappa shape index (κ2) is 8.73. The summed E-state index contributed by atoms with van der Waals surface area (Å²) < 4.78 is 0. The van der Waals surface area contributed by atoms with Gasteiger partial charge in [0, 0.05) is 18.9 Å². The number of carbonyl (C=O) groups is 2. The summed E-state index contributed by atoms with van der Waals surface area (Å²) in [5.74, 6) is 0.530. The van der Waals surface area contributed by atoms with Crippen LogP contribution in [0, 0.1) is 5.92 Å². The average molecular weight is 199 g/mol. The molecule has 1 N–H and O–H groups in total. The van der Waals surface area contributed by atoms with E-state index in [0.29, 0.717) is 12.2 Å². The topological polar surface area (TPSA) is 46.2 Å². The molecule has 0 saturated heterocycles. The number of amides is 1. The Morgan fingerprint density at radius 2 is 1.86 bits per heavy atom. The summed E-state index contributed by atoms with van der Waals surface area (Å²) in [4.78, 5) is 21.1. The first-order valence-corrected chi connectivity index (χ1v) is 5.38. The third-order valence-electron chi connectivity index (χ3n) is 2.22. The molecule has 0 heterocycles. The standard InChI is InChI=1S/C11H21NO2/c1-10(2)11(14)7-5-3-4-6-8-12-9-13/h9-10H,3-8H2,1-2H3,(H,12,13). The maximum atomic E-state index is 11.2. The molecule has 0 saturated carbocycles. The van der Waals surface area contributed by atoms with E-state index >= 15 is 0 Å². The van der Waals surface area contributed by atoms with Crippen LogP contribution in [0.15, 0.2) is 0 Å². The van der Waals surface area contributed by atoms with Crippen LogP contribution in [0.25, 0.3) is 0 Å². The number of unbranched alkanes of at least 4 members (excludes halogenated alkanes) is 3. The van der Waals surface area contributed by atoms with Gasteiger partial charge in [-0.3, -0.25) is 9.59 Å². The molecule has 0 aliphatic rings. The fourth-order valence-electron chi connectivity index (χ4n) is 1.23. The van der Waals surface area contributed by atoms with Crippen LogP contribution in [0.5, 0.6) is 0 Å². The Kier molecular flexibility index (Phi) is 8.19. The molecule has 0 aromatic rings. The molecule has 1 amide bonds. The molecule has 0 fully saturated rings. The lowest BCUT2D eigenvalue weighted by Gasteiger charge is -2.03. The molecular weight excluding hydrogens is 178 g/mol. The zero-order valence-electron chi connectivity index (χ0n) is 9.21. The van der Waals surface area contributed by atoms with Gasteiger partial charge in [-0.25, -0.2) is 0 Å². The average Bonchev–Trinajstić information content (AvgIpc) is 2.16. The van der Waals surface area contributed by atoms with Crippen molar-refractivity contribution >= 4 is 12.2 Å². The molecule has 0 bridgehead atoms. The first-order chi connectivity index (χ1) is 6.68. The lowest BCUT2D eigenvalue weighted by Crippen LogP contribution is -2.11. The minimum absolute atomic E-state index is 0.173. The number of carbonyl (C=O) groups excluding carboxylic acids is 2. The molecule has 0 aromatic heterocycles. The van der Waals surface area contributed by atoms with Gasteiger partial charge in [-0.1, -0.05) is 26.7 Å². The molecule has 82 valence electrons. The fourth-order valence-corrected chi connectivity index (χ4v) is 1.23. The van der Waals surface area contributed by atoms with Gasteiger partial charge in [0.1, 0.15) is 5.78 Å². The lowest BCUT2D eigenvalue weighted by molar-refractivity contribution is -0.122. The van der Waals surface area contributed by atoms with Crippen LogP contribution in [0.2, 0.25) is 0 Å². The van der Waals surface area contributed by atoms with Crippen molar-refractivity contribution in [3.8, 4) is 0 Å². The third-order valence-corrected chi connectivity index (χ3v) is 2.22. The monoisotopic (exact) mass is 199 g/mol. The molecule has 3 nitrogen and oxygen atoms in total. The van der Waals surface area contributed by atoms with Crippen molar-refractivity contribution in [2.75, 3.05) is 6.54 Å². The molecule has 0 rings (SSSR count). The summed E-state index contributed by atoms with van der Waals surface area (Å²) in [6.07, 6.45) is 5.60. The maximum absolute atomic E-state index is 11.2. The van der Waals surface area contributed by atoms with Crippen molar-refractivity contribution in [2.45, 2.75) is 46.0 Å². The fraction of sp³-hybridized carbons (Fsp3) is 0.818. The summed E-state index contributed by atoms with van der Waals surface area (Å²) in [5.41, 5.74) is 0. The molecule has 0 atom stereocenters. The van der Waals surface area contributed by atoms with Gasteiger partial charge in [0.05, 0.1) is 0 Å². The SMILES string of the molecule is CC(C)C(=O)CCCCCCNC=O. The van der Waals surface area contributed by atoms with Gasteiger partial charge < -0.3 is 5.32 Å². The molecule has 0 aliphatic carbocycles. The van der Waals surface area contributed by atoms with Gasteiger partial charge in [0.15, 0.2) is 0 Å². The summed E-state index contributed by atoms with van der Waals surface area (Å²) in [6, 6.07) is 0. The van der Waals surface area contributed by atoms with Gasteiger partial charge in [-0.15, -0.1) is 0 Å². The normalized spacial score (nSPS) is 10.2. The van der Waals surface area contributed by atoms with Crippen LogP contribution in [0.4, 0.5) is 0 Å². The van der Waals surface area contributed by atoms with Gasteiger partial charge >= 0.3 is 0 Å². The minimum atomic E-state index is 0.173. The van der Waals surface area contributed by atoms with Crippen molar-refractivity contribution in [1.29, 1.82) is 0 Å². The molecule has 0 aliphatic heterocycles. The molecule has 3 heteroatoms. The van der Waals surface area contributed by atoms with E-state index < -0.39 is 0 Å². The molecular formula is C11H21NO2. The predicted octanol–water partition coefficient (Wildman–Crippen LogP) is 1.91. The Labute approximate surface area is 86.3 Å². The highest BCUT2D eigenvalue weighted by molar-refractivity contribution is 5.80. The van der Waals surface area contributed by atoms with Crippen LogP contribution >= 0.6 is 0 Å². The first kappa shape index (κ1) is 13.1. The van der Waals surface area contributed by atoms with Crippen molar-refractivity contribution < 1.29 is 9.59 Å². The second-order valence-electron chi connectivity index (χ2n) is 3.86. The molecule has 0 spiro atoms. The number of rotatable bonds is 9. The van der Waals surface area contributed by atoms with Gasteiger partial charge in [-0.05, 0) is 12.8 Å². The Balaban J connectivity index is 3.13. The van der Waals surface area contributed by atoms with Crippen molar-refractivity contribution in [3.05, 3.63) is 0 Å². The van der Waals surface area contributed by atoms with E-state index in [4.69, 9.17) is 0 Å². The molecule has 0 radical (unpaired) electrons. The number of nitrogens with one attached hydrogen (secondary N) is 1.